The summed E-state index contributed by atoms with van der Waals surface area (Å²) in [4.78, 5) is 32.7. The van der Waals surface area contributed by atoms with E-state index >= 15 is 0 Å². The normalized spacial score (nSPS) is 17.1. The van der Waals surface area contributed by atoms with Crippen LogP contribution in [0.2, 0.25) is 5.02 Å². The van der Waals surface area contributed by atoms with Gasteiger partial charge in [-0.3, -0.25) is 10.4 Å². The molecule has 3 N–H and O–H groups in total. The number of hydrogen-bond acceptors (Lipinski definition) is 10. The molecule has 12 nitrogen and oxygen atoms in total. The van der Waals surface area contributed by atoms with Gasteiger partial charge in [0.25, 0.3) is 0 Å². The van der Waals surface area contributed by atoms with Crippen molar-refractivity contribution in [1.29, 1.82) is 0 Å². The molecule has 0 atom stereocenters. The second-order valence-electron chi connectivity index (χ2n) is 9.09. The minimum Gasteiger partial charge on any atom is -0.467 e. The lowest BCUT2D eigenvalue weighted by atomic mass is 9.93. The van der Waals surface area contributed by atoms with Gasteiger partial charge < -0.3 is 14.8 Å². The Morgan fingerprint density at radius 2 is 1.73 bits per heavy atom. The molecule has 0 spiro atoms. The topological polar surface area (TPSA) is 153 Å². The highest BCUT2D eigenvalue weighted by Gasteiger charge is 2.36. The molecule has 0 saturated heterocycles. The molecule has 0 bridgehead atoms. The maximum Gasteiger partial charge on any atom is 0.420 e. The Hall–Kier alpha value is -4.53. The minimum atomic E-state index is -4.68. The number of carbonyl (C=O) groups excluding carboxylic acids is 1. The molecule has 4 aromatic rings. The molecule has 5 rings (SSSR count). The first-order chi connectivity index (χ1) is 19.7. The zero-order valence-electron chi connectivity index (χ0n) is 21.4. The summed E-state index contributed by atoms with van der Waals surface area (Å²) in [6.07, 6.45) is 3.29. The van der Waals surface area contributed by atoms with Gasteiger partial charge in [0.05, 0.1) is 18.3 Å². The fourth-order valence-corrected chi connectivity index (χ4v) is 4.47. The largest absolute Gasteiger partial charge is 0.467 e. The maximum absolute atomic E-state index is 13.5. The number of carbonyl (C=O) groups is 1. The predicted octanol–water partition coefficient (Wildman–Crippen LogP) is 5.37. The van der Waals surface area contributed by atoms with Crippen LogP contribution in [0.5, 0.6) is 6.01 Å². The molecule has 41 heavy (non-hydrogen) atoms. The van der Waals surface area contributed by atoms with Crippen LogP contribution in [0.3, 0.4) is 0 Å². The van der Waals surface area contributed by atoms with E-state index in [1.54, 1.807) is 30.7 Å². The van der Waals surface area contributed by atoms with E-state index in [1.807, 2.05) is 0 Å². The number of rotatable bonds is 7. The van der Waals surface area contributed by atoms with Crippen molar-refractivity contribution in [1.82, 2.24) is 35.1 Å². The second kappa shape index (κ2) is 11.9. The van der Waals surface area contributed by atoms with Crippen LogP contribution in [0.4, 0.5) is 29.7 Å². The average Bonchev–Trinajstić information content (AvgIpc) is 3.39. The summed E-state index contributed by atoms with van der Waals surface area (Å²) in [5.74, 6) is 0.340. The van der Waals surface area contributed by atoms with Crippen molar-refractivity contribution >= 4 is 29.5 Å². The number of ether oxygens (including phenoxy) is 2. The Morgan fingerprint density at radius 3 is 2.34 bits per heavy atom. The van der Waals surface area contributed by atoms with E-state index in [4.69, 9.17) is 21.1 Å². The standard InChI is InChI=1S/C25H23ClF3N9O3/c1-40-23-32-9-14(10-33-23)13-2-7-19(30-8-13)36-24(39)41-16-5-3-15(4-6-16)35-22-31-11-17(25(27,28)29)20(37-22)21-18(26)12-34-38-21/h2,7-12,15-16H,3-6H2,1H3,(H,34,38)(H,30,36,39)(H,31,35,37). The van der Waals surface area contributed by atoms with E-state index in [-0.39, 0.29) is 34.8 Å². The van der Waals surface area contributed by atoms with E-state index in [9.17, 15) is 18.0 Å². The van der Waals surface area contributed by atoms with Gasteiger partial charge in [-0.2, -0.15) is 18.3 Å². The van der Waals surface area contributed by atoms with Crippen molar-refractivity contribution in [3.63, 3.8) is 0 Å². The third kappa shape index (κ3) is 6.80. The predicted molar refractivity (Wildman–Crippen MR) is 141 cm³/mol. The number of pyridine rings is 1. The molecular weight excluding hydrogens is 567 g/mol. The third-order valence-electron chi connectivity index (χ3n) is 6.34. The first-order valence-electron chi connectivity index (χ1n) is 12.4. The number of aromatic amines is 1. The van der Waals surface area contributed by atoms with E-state index < -0.39 is 23.5 Å². The molecule has 0 aliphatic heterocycles. The Labute approximate surface area is 236 Å². The van der Waals surface area contributed by atoms with Crippen LogP contribution in [0.1, 0.15) is 31.2 Å². The molecule has 1 saturated carbocycles. The molecule has 1 aliphatic rings. The van der Waals surface area contributed by atoms with Crippen molar-refractivity contribution in [2.24, 2.45) is 0 Å². The summed E-state index contributed by atoms with van der Waals surface area (Å²) < 4.78 is 51.0. The Morgan fingerprint density at radius 1 is 1.00 bits per heavy atom. The van der Waals surface area contributed by atoms with Crippen molar-refractivity contribution < 1.29 is 27.4 Å². The molecule has 4 heterocycles. The number of nitrogens with zero attached hydrogens (tertiary/aromatic N) is 6. The molecule has 214 valence electrons. The van der Waals surface area contributed by atoms with Gasteiger partial charge in [-0.05, 0) is 37.8 Å². The quantitative estimate of drug-likeness (QED) is 0.256. The zero-order chi connectivity index (χ0) is 29.0. The lowest BCUT2D eigenvalue weighted by molar-refractivity contribution is -0.137. The van der Waals surface area contributed by atoms with Crippen molar-refractivity contribution in [3.05, 3.63) is 53.7 Å². The van der Waals surface area contributed by atoms with E-state index in [2.05, 4.69) is 45.8 Å². The van der Waals surface area contributed by atoms with Crippen LogP contribution in [-0.4, -0.2) is 60.5 Å². The number of H-pyrrole nitrogens is 1. The highest BCUT2D eigenvalue weighted by Crippen LogP contribution is 2.37. The number of hydrogen-bond donors (Lipinski definition) is 3. The van der Waals surface area contributed by atoms with Crippen LogP contribution < -0.4 is 15.4 Å². The highest BCUT2D eigenvalue weighted by molar-refractivity contribution is 6.32. The molecule has 1 fully saturated rings. The van der Waals surface area contributed by atoms with Gasteiger partial charge in [0.2, 0.25) is 5.95 Å². The maximum atomic E-state index is 13.5. The summed E-state index contributed by atoms with van der Waals surface area (Å²) in [6.45, 7) is 0. The first-order valence-corrected chi connectivity index (χ1v) is 12.8. The van der Waals surface area contributed by atoms with Crippen LogP contribution >= 0.6 is 11.6 Å². The first kappa shape index (κ1) is 28.0. The number of amides is 1. The molecule has 0 unspecified atom stereocenters. The summed E-state index contributed by atoms with van der Waals surface area (Å²) in [6, 6.07) is 3.52. The fourth-order valence-electron chi connectivity index (χ4n) is 4.29. The summed E-state index contributed by atoms with van der Waals surface area (Å²) >= 11 is 5.99. The third-order valence-corrected chi connectivity index (χ3v) is 6.63. The lowest BCUT2D eigenvalue weighted by Gasteiger charge is -2.29. The molecular formula is C25H23ClF3N9O3. The van der Waals surface area contributed by atoms with Gasteiger partial charge in [0.1, 0.15) is 28.9 Å². The van der Waals surface area contributed by atoms with Gasteiger partial charge in [-0.1, -0.05) is 11.6 Å². The second-order valence-corrected chi connectivity index (χ2v) is 9.49. The summed E-state index contributed by atoms with van der Waals surface area (Å²) in [5, 5.41) is 11.8. The van der Waals surface area contributed by atoms with Crippen LogP contribution in [0, 0.1) is 0 Å². The number of aromatic nitrogens is 7. The Kier molecular flexibility index (Phi) is 8.14. The smallest absolute Gasteiger partial charge is 0.420 e. The number of alkyl halides is 3. The molecule has 0 aromatic carbocycles. The summed E-state index contributed by atoms with van der Waals surface area (Å²) in [7, 11) is 1.48. The lowest BCUT2D eigenvalue weighted by Crippen LogP contribution is -2.32. The molecule has 0 radical (unpaired) electrons. The highest BCUT2D eigenvalue weighted by atomic mass is 35.5. The summed E-state index contributed by atoms with van der Waals surface area (Å²) in [5.41, 5.74) is 0.0165. The van der Waals surface area contributed by atoms with Crippen LogP contribution in [0.15, 0.2) is 43.1 Å². The van der Waals surface area contributed by atoms with E-state index in [0.29, 0.717) is 37.7 Å². The number of anilines is 2. The van der Waals surface area contributed by atoms with Gasteiger partial charge in [0, 0.05) is 42.0 Å². The monoisotopic (exact) mass is 589 g/mol. The molecule has 16 heteroatoms. The van der Waals surface area contributed by atoms with Crippen molar-refractivity contribution in [2.45, 2.75) is 44.0 Å². The van der Waals surface area contributed by atoms with E-state index in [0.717, 1.165) is 11.1 Å². The molecule has 4 aromatic heterocycles. The van der Waals surface area contributed by atoms with Gasteiger partial charge in [-0.15, -0.1) is 0 Å². The zero-order valence-corrected chi connectivity index (χ0v) is 22.2. The van der Waals surface area contributed by atoms with Gasteiger partial charge in [-0.25, -0.2) is 29.7 Å². The average molecular weight is 590 g/mol. The van der Waals surface area contributed by atoms with Crippen LogP contribution in [-0.2, 0) is 10.9 Å². The molecule has 1 aliphatic carbocycles. The fraction of sp³-hybridized carbons (Fsp3) is 0.320. The molecule has 1 amide bonds. The number of nitrogens with one attached hydrogen (secondary N) is 3. The van der Waals surface area contributed by atoms with E-state index in [1.165, 1.54) is 13.3 Å². The van der Waals surface area contributed by atoms with Crippen molar-refractivity contribution in [2.75, 3.05) is 17.7 Å². The van der Waals surface area contributed by atoms with Crippen molar-refractivity contribution in [3.8, 4) is 28.5 Å². The Bertz CT molecular complexity index is 1490. The SMILES string of the molecule is COc1ncc(-c2ccc(NC(=O)OC3CCC(Nc4ncc(C(F)(F)F)c(-c5[nH]ncc5Cl)n4)CC3)nc2)cn1. The van der Waals surface area contributed by atoms with Gasteiger partial charge >= 0.3 is 18.3 Å². The van der Waals surface area contributed by atoms with Crippen LogP contribution in [0.25, 0.3) is 22.5 Å². The Balaban J connectivity index is 1.13. The number of halogens is 4. The van der Waals surface area contributed by atoms with Gasteiger partial charge in [0.15, 0.2) is 0 Å². The number of methoxy groups -OCH3 is 1. The minimum absolute atomic E-state index is 0.00839.